The minimum Gasteiger partial charge on any atom is -0.368 e. The topological polar surface area (TPSA) is 80.9 Å². The molecule has 0 saturated carbocycles. The zero-order chi connectivity index (χ0) is 4.50. The fourth-order valence-electron chi connectivity index (χ4n) is 0. The van der Waals surface area contributed by atoms with Gasteiger partial charge in [-0.15, -0.1) is 0 Å². The lowest BCUT2D eigenvalue weighted by Gasteiger charge is -1.91. The van der Waals surface area contributed by atoms with Gasteiger partial charge in [0, 0.05) is 0 Å². The number of hydrogen-bond donors (Lipinski definition) is 4. The molecule has 0 aliphatic carbocycles. The maximum Gasteiger partial charge on any atom is 0.668 e. The maximum absolute atomic E-state index is 7.33. The molecule has 50 valence electrons. The van der Waals surface area contributed by atoms with E-state index in [1.165, 1.54) is 0 Å². The molecular weight excluding hydrogens is 174 g/mol. The summed E-state index contributed by atoms with van der Waals surface area (Å²) in [5, 5.41) is 0. The fraction of sp³-hybridized carbons (Fsp3) is 0. The van der Waals surface area contributed by atoms with Crippen molar-refractivity contribution in [1.82, 2.24) is 0 Å². The van der Waals surface area contributed by atoms with E-state index in [0.29, 0.717) is 0 Å². The molecule has 1 unspecified atom stereocenters. The third-order valence-corrected chi connectivity index (χ3v) is 0. The highest BCUT2D eigenvalue weighted by Gasteiger charge is 2.22. The van der Waals surface area contributed by atoms with E-state index in [-0.39, 0.29) is 50.3 Å². The molecule has 0 aromatic rings. The van der Waals surface area contributed by atoms with Crippen LogP contribution in [0.2, 0.25) is 0 Å². The molecule has 0 aliphatic rings. The second-order valence-electron chi connectivity index (χ2n) is 0.600. The van der Waals surface area contributed by atoms with E-state index in [1.54, 1.807) is 0 Å². The Bertz CT molecular complexity index is 31.5. The van der Waals surface area contributed by atoms with Crippen LogP contribution in [0.1, 0.15) is 0 Å². The van der Waals surface area contributed by atoms with Crippen LogP contribution in [0.25, 0.3) is 0 Å². The molecule has 0 fully saturated rings. The average molecular weight is 186 g/mol. The third-order valence-electron chi connectivity index (χ3n) is 0. The number of hydrogen-bond acceptors (Lipinski definition) is 4. The van der Waals surface area contributed by atoms with Crippen molar-refractivity contribution in [3.05, 3.63) is 0 Å². The molecule has 0 saturated heterocycles. The molecule has 4 nitrogen and oxygen atoms in total. The van der Waals surface area contributed by atoms with Gasteiger partial charge in [-0.2, -0.15) is 9.90 Å². The summed E-state index contributed by atoms with van der Waals surface area (Å²) in [5.41, 5.74) is 0. The molecule has 0 spiro atoms. The second kappa shape index (κ2) is 8.79. The summed E-state index contributed by atoms with van der Waals surface area (Å²) in [6.07, 6.45) is 0. The van der Waals surface area contributed by atoms with Crippen molar-refractivity contribution in [2.45, 2.75) is 0 Å². The lowest BCUT2D eigenvalue weighted by molar-refractivity contribution is 0.117. The van der Waals surface area contributed by atoms with Gasteiger partial charge >= 0.3 is 32.1 Å². The summed E-state index contributed by atoms with van der Waals surface area (Å²) in [7, 11) is -4.61. The minimum absolute atomic E-state index is 0. The molecule has 0 bridgehead atoms. The highest BCUT2D eigenvalue weighted by atomic mass is 31.0. The molecule has 0 aliphatic heterocycles. The molecule has 8 heteroatoms. The van der Waals surface area contributed by atoms with Crippen molar-refractivity contribution in [3.8, 4) is 0 Å². The lowest BCUT2D eigenvalue weighted by Crippen LogP contribution is -2.33. The van der Waals surface area contributed by atoms with Crippen LogP contribution in [0.3, 0.4) is 0 Å². The van der Waals surface area contributed by atoms with Crippen LogP contribution in [-0.2, 0) is 0 Å². The Morgan fingerprint density at radius 3 is 0.875 bits per heavy atom. The van der Waals surface area contributed by atoms with Crippen LogP contribution in [0.5, 0.6) is 0 Å². The molecule has 0 heterocycles. The van der Waals surface area contributed by atoms with Gasteiger partial charge < -0.3 is 19.2 Å². The SMILES string of the molecule is O[Si](O)(O)O.P.[AlH3].[MgH2]. The fourth-order valence-corrected chi connectivity index (χ4v) is 0. The highest BCUT2D eigenvalue weighted by Crippen LogP contribution is 1.67. The molecule has 0 aromatic carbocycles. The van der Waals surface area contributed by atoms with Crippen molar-refractivity contribution < 1.29 is 19.2 Å². The molecule has 0 radical (unpaired) electrons. The summed E-state index contributed by atoms with van der Waals surface area (Å²) < 4.78 is 0. The van der Waals surface area contributed by atoms with Crippen LogP contribution in [0, 0.1) is 0 Å². The van der Waals surface area contributed by atoms with Gasteiger partial charge in [0.1, 0.15) is 0 Å². The molecular formula is H12AlMgO4PSi. The molecule has 0 aromatic heterocycles. The Morgan fingerprint density at radius 2 is 0.875 bits per heavy atom. The van der Waals surface area contributed by atoms with Gasteiger partial charge in [-0.1, -0.05) is 0 Å². The first-order valence-corrected chi connectivity index (χ1v) is 2.68. The Balaban J connectivity index is -0.0000000267. The smallest absolute Gasteiger partial charge is 0.368 e. The number of rotatable bonds is 0. The van der Waals surface area contributed by atoms with Crippen molar-refractivity contribution in [2.75, 3.05) is 0 Å². The van der Waals surface area contributed by atoms with E-state index in [2.05, 4.69) is 0 Å². The first kappa shape index (κ1) is 22.6. The van der Waals surface area contributed by atoms with E-state index in [1.807, 2.05) is 0 Å². The van der Waals surface area contributed by atoms with Gasteiger partial charge in [0.2, 0.25) is 0 Å². The maximum atomic E-state index is 7.33. The summed E-state index contributed by atoms with van der Waals surface area (Å²) >= 11 is 0. The Labute approximate surface area is 78.3 Å². The van der Waals surface area contributed by atoms with Crippen molar-refractivity contribution in [3.63, 3.8) is 0 Å². The zero-order valence-electron chi connectivity index (χ0n) is 3.00. The van der Waals surface area contributed by atoms with Gasteiger partial charge in [0.05, 0.1) is 0 Å². The average Bonchev–Trinajstić information content (AvgIpc) is 0.722. The van der Waals surface area contributed by atoms with E-state index in [0.717, 1.165) is 0 Å². The van der Waals surface area contributed by atoms with Crippen molar-refractivity contribution in [2.24, 2.45) is 0 Å². The largest absolute Gasteiger partial charge is 0.668 e. The summed E-state index contributed by atoms with van der Waals surface area (Å²) in [4.78, 5) is 29.3. The molecule has 8 heavy (non-hydrogen) atoms. The van der Waals surface area contributed by atoms with Gasteiger partial charge in [-0.05, 0) is 0 Å². The van der Waals surface area contributed by atoms with Gasteiger partial charge in [0.15, 0.2) is 17.4 Å². The Kier molecular flexibility index (Phi) is 24.8. The van der Waals surface area contributed by atoms with E-state index in [9.17, 15) is 0 Å². The monoisotopic (exact) mass is 186 g/mol. The van der Waals surface area contributed by atoms with Crippen LogP contribution in [0.15, 0.2) is 0 Å². The Hall–Kier alpha value is 1.79. The molecule has 0 rings (SSSR count). The zero-order valence-corrected chi connectivity index (χ0v) is 5.41. The Morgan fingerprint density at radius 1 is 0.875 bits per heavy atom. The normalized spacial score (nSPS) is 7.50. The first-order chi connectivity index (χ1) is 2.00. The standard InChI is InChI=1S/Al.Mg.H4O4Si.H3P.5H/c;;1-5(2,3)4;;;;;;/h;;1-4H;1H3;;;;;. The predicted molar refractivity (Wildman–Crippen MR) is 44.2 cm³/mol. The second-order valence-corrected chi connectivity index (χ2v) is 1.80. The van der Waals surface area contributed by atoms with Gasteiger partial charge in [-0.3, -0.25) is 0 Å². The van der Waals surface area contributed by atoms with Crippen molar-refractivity contribution in [1.29, 1.82) is 0 Å². The van der Waals surface area contributed by atoms with Crippen LogP contribution < -0.4 is 0 Å². The van der Waals surface area contributed by atoms with E-state index in [4.69, 9.17) is 19.2 Å². The summed E-state index contributed by atoms with van der Waals surface area (Å²) in [6.45, 7) is 0. The molecule has 1 atom stereocenters. The van der Waals surface area contributed by atoms with Crippen LogP contribution >= 0.6 is 9.90 Å². The van der Waals surface area contributed by atoms with Crippen LogP contribution in [-0.4, -0.2) is 68.6 Å². The molecule has 4 N–H and O–H groups in total. The lowest BCUT2D eigenvalue weighted by atomic mass is 15.7. The van der Waals surface area contributed by atoms with Gasteiger partial charge in [0.25, 0.3) is 0 Å². The summed E-state index contributed by atoms with van der Waals surface area (Å²) in [5.74, 6) is 0. The third kappa shape index (κ3) is 112. The van der Waals surface area contributed by atoms with E-state index >= 15 is 0 Å². The summed E-state index contributed by atoms with van der Waals surface area (Å²) in [6, 6.07) is 0. The molecule has 0 amide bonds. The quantitative estimate of drug-likeness (QED) is 0.227. The van der Waals surface area contributed by atoms with Crippen LogP contribution in [0.4, 0.5) is 0 Å². The van der Waals surface area contributed by atoms with Gasteiger partial charge in [-0.25, -0.2) is 0 Å². The van der Waals surface area contributed by atoms with E-state index < -0.39 is 9.05 Å². The first-order valence-electron chi connectivity index (χ1n) is 0.894. The predicted octanol–water partition coefficient (Wildman–Crippen LogP) is -4.65. The minimum atomic E-state index is -4.61. The highest BCUT2D eigenvalue weighted by molar-refractivity contribution is 6.92. The van der Waals surface area contributed by atoms with Crippen molar-refractivity contribution >= 4 is 59.4 Å².